The average Bonchev–Trinajstić information content (AvgIpc) is 3.44. The third-order valence-electron chi connectivity index (χ3n) is 4.77. The lowest BCUT2D eigenvalue weighted by Crippen LogP contribution is -2.14. The van der Waals surface area contributed by atoms with Crippen molar-refractivity contribution in [2.45, 2.75) is 44.9 Å². The Morgan fingerprint density at radius 3 is 2.60 bits per heavy atom. The van der Waals surface area contributed by atoms with Gasteiger partial charge in [-0.05, 0) is 30.7 Å². The van der Waals surface area contributed by atoms with E-state index < -0.39 is 0 Å². The molecule has 2 amide bonds. The molecule has 0 unspecified atom stereocenters. The summed E-state index contributed by atoms with van der Waals surface area (Å²) in [5.74, 6) is 0.536. The van der Waals surface area contributed by atoms with Crippen molar-refractivity contribution in [2.24, 2.45) is 5.92 Å². The summed E-state index contributed by atoms with van der Waals surface area (Å²) in [6.45, 7) is 1.46. The van der Waals surface area contributed by atoms with E-state index in [1.807, 2.05) is 0 Å². The number of carbonyl (C=O) groups excluding carboxylic acids is 2. The predicted molar refractivity (Wildman–Crippen MR) is 112 cm³/mol. The summed E-state index contributed by atoms with van der Waals surface area (Å²) >= 11 is 2.85. The lowest BCUT2D eigenvalue weighted by Gasteiger charge is -2.06. The highest BCUT2D eigenvalue weighted by molar-refractivity contribution is 7.15. The number of aromatic nitrogens is 6. The van der Waals surface area contributed by atoms with Crippen LogP contribution in [0.15, 0.2) is 18.7 Å². The first kappa shape index (κ1) is 20.4. The van der Waals surface area contributed by atoms with E-state index in [0.717, 1.165) is 41.3 Å². The van der Waals surface area contributed by atoms with Crippen molar-refractivity contribution in [1.29, 1.82) is 0 Å². The molecule has 156 valence electrons. The fraction of sp³-hybridized carbons (Fsp3) is 0.444. The summed E-state index contributed by atoms with van der Waals surface area (Å²) in [6, 6.07) is 0. The zero-order valence-corrected chi connectivity index (χ0v) is 17.9. The van der Waals surface area contributed by atoms with Crippen LogP contribution in [0.3, 0.4) is 0 Å². The molecule has 1 aliphatic rings. The molecule has 0 aromatic carbocycles. The molecule has 3 aromatic heterocycles. The van der Waals surface area contributed by atoms with Gasteiger partial charge in [-0.15, -0.1) is 20.4 Å². The van der Waals surface area contributed by atoms with E-state index in [9.17, 15) is 9.59 Å². The molecule has 0 bridgehead atoms. The summed E-state index contributed by atoms with van der Waals surface area (Å²) in [5, 5.41) is 25.0. The van der Waals surface area contributed by atoms with Crippen LogP contribution in [-0.2, 0) is 22.4 Å². The third kappa shape index (κ3) is 5.39. The van der Waals surface area contributed by atoms with Gasteiger partial charge < -0.3 is 10.6 Å². The Bertz CT molecular complexity index is 1020. The molecule has 30 heavy (non-hydrogen) atoms. The van der Waals surface area contributed by atoms with Crippen molar-refractivity contribution >= 4 is 44.8 Å². The number of rotatable bonds is 7. The lowest BCUT2D eigenvalue weighted by molar-refractivity contribution is -0.116. The normalized spacial score (nSPS) is 18.3. The number of hydrogen-bond donors (Lipinski definition) is 2. The SMILES string of the molecule is CC(=O)Nc1nnc([C@H]2CC[C@@H](Cc3nnc(NC(=O)Cc4cncnc4)s3)C2)s1. The van der Waals surface area contributed by atoms with Gasteiger partial charge in [0, 0.05) is 31.7 Å². The van der Waals surface area contributed by atoms with Gasteiger partial charge in [0.2, 0.25) is 22.1 Å². The molecule has 1 saturated carbocycles. The molecule has 3 aromatic rings. The van der Waals surface area contributed by atoms with Gasteiger partial charge in [0.15, 0.2) is 0 Å². The van der Waals surface area contributed by atoms with E-state index in [1.165, 1.54) is 35.9 Å². The topological polar surface area (TPSA) is 136 Å². The van der Waals surface area contributed by atoms with E-state index >= 15 is 0 Å². The van der Waals surface area contributed by atoms with Crippen molar-refractivity contribution < 1.29 is 9.59 Å². The van der Waals surface area contributed by atoms with Crippen molar-refractivity contribution in [1.82, 2.24) is 30.4 Å². The minimum Gasteiger partial charge on any atom is -0.301 e. The van der Waals surface area contributed by atoms with Gasteiger partial charge in [0.05, 0.1) is 6.42 Å². The summed E-state index contributed by atoms with van der Waals surface area (Å²) < 4.78 is 0. The zero-order valence-electron chi connectivity index (χ0n) is 16.2. The Balaban J connectivity index is 1.27. The van der Waals surface area contributed by atoms with Gasteiger partial charge in [-0.1, -0.05) is 22.7 Å². The van der Waals surface area contributed by atoms with Crippen LogP contribution in [0.2, 0.25) is 0 Å². The lowest BCUT2D eigenvalue weighted by atomic mass is 10.0. The summed E-state index contributed by atoms with van der Waals surface area (Å²) in [7, 11) is 0. The predicted octanol–water partition coefficient (Wildman–Crippen LogP) is 2.45. The van der Waals surface area contributed by atoms with Gasteiger partial charge in [-0.2, -0.15) is 0 Å². The van der Waals surface area contributed by atoms with Crippen molar-refractivity contribution in [3.8, 4) is 0 Å². The number of carbonyl (C=O) groups is 2. The fourth-order valence-corrected chi connectivity index (χ4v) is 5.30. The summed E-state index contributed by atoms with van der Waals surface area (Å²) in [5.41, 5.74) is 0.745. The Kier molecular flexibility index (Phi) is 6.33. The fourth-order valence-electron chi connectivity index (χ4n) is 3.49. The maximum Gasteiger partial charge on any atom is 0.230 e. The number of amides is 2. The standard InChI is InChI=1S/C18H20N8O2S2/c1-10(27)21-17-26-24-16(30-17)13-3-2-11(4-13)6-15-23-25-18(29-15)22-14(28)5-12-7-19-9-20-8-12/h7-9,11,13H,2-6H2,1H3,(H,21,26,27)(H,22,25,28)/t11-,13+/m1/s1. The molecular formula is C18H20N8O2S2. The monoisotopic (exact) mass is 444 g/mol. The van der Waals surface area contributed by atoms with Gasteiger partial charge in [0.1, 0.15) is 16.3 Å². The van der Waals surface area contributed by atoms with Crippen molar-refractivity contribution in [2.75, 3.05) is 10.6 Å². The van der Waals surface area contributed by atoms with Gasteiger partial charge in [0.25, 0.3) is 0 Å². The molecule has 3 heterocycles. The van der Waals surface area contributed by atoms with E-state index in [1.54, 1.807) is 12.4 Å². The first-order chi connectivity index (χ1) is 14.5. The van der Waals surface area contributed by atoms with Crippen molar-refractivity contribution in [3.05, 3.63) is 34.3 Å². The van der Waals surface area contributed by atoms with Crippen LogP contribution in [0.5, 0.6) is 0 Å². The molecular weight excluding hydrogens is 424 g/mol. The molecule has 4 rings (SSSR count). The maximum atomic E-state index is 12.1. The summed E-state index contributed by atoms with van der Waals surface area (Å²) in [6.07, 6.45) is 8.81. The van der Waals surface area contributed by atoms with E-state index in [0.29, 0.717) is 22.1 Å². The van der Waals surface area contributed by atoms with Crippen LogP contribution in [0.1, 0.15) is 47.7 Å². The molecule has 0 radical (unpaired) electrons. The molecule has 0 saturated heterocycles. The number of hydrogen-bond acceptors (Lipinski definition) is 10. The Morgan fingerprint density at radius 1 is 1.03 bits per heavy atom. The quantitative estimate of drug-likeness (QED) is 0.567. The number of nitrogens with zero attached hydrogens (tertiary/aromatic N) is 6. The minimum absolute atomic E-state index is 0.140. The number of nitrogens with one attached hydrogen (secondary N) is 2. The molecule has 12 heteroatoms. The highest BCUT2D eigenvalue weighted by Crippen LogP contribution is 2.41. The van der Waals surface area contributed by atoms with Crippen LogP contribution >= 0.6 is 22.7 Å². The van der Waals surface area contributed by atoms with Crippen LogP contribution in [-0.4, -0.2) is 42.2 Å². The maximum absolute atomic E-state index is 12.1. The second-order valence-electron chi connectivity index (χ2n) is 7.18. The first-order valence-corrected chi connectivity index (χ1v) is 11.2. The molecule has 0 spiro atoms. The smallest absolute Gasteiger partial charge is 0.230 e. The van der Waals surface area contributed by atoms with Gasteiger partial charge >= 0.3 is 0 Å². The minimum atomic E-state index is -0.167. The van der Waals surface area contributed by atoms with E-state index in [2.05, 4.69) is 41.0 Å². The Labute approximate surface area is 180 Å². The molecule has 1 aliphatic carbocycles. The van der Waals surface area contributed by atoms with Crippen LogP contribution in [0.4, 0.5) is 10.3 Å². The van der Waals surface area contributed by atoms with Gasteiger partial charge in [-0.25, -0.2) is 9.97 Å². The number of anilines is 2. The highest BCUT2D eigenvalue weighted by atomic mass is 32.1. The first-order valence-electron chi connectivity index (χ1n) is 9.52. The van der Waals surface area contributed by atoms with Crippen LogP contribution in [0, 0.1) is 5.92 Å². The molecule has 0 aliphatic heterocycles. The van der Waals surface area contributed by atoms with Gasteiger partial charge in [-0.3, -0.25) is 9.59 Å². The molecule has 10 nitrogen and oxygen atoms in total. The van der Waals surface area contributed by atoms with E-state index in [4.69, 9.17) is 0 Å². The van der Waals surface area contributed by atoms with Crippen LogP contribution in [0.25, 0.3) is 0 Å². The average molecular weight is 445 g/mol. The molecule has 2 atom stereocenters. The second kappa shape index (κ2) is 9.30. The van der Waals surface area contributed by atoms with Crippen LogP contribution < -0.4 is 10.6 Å². The largest absolute Gasteiger partial charge is 0.301 e. The zero-order chi connectivity index (χ0) is 20.9. The molecule has 2 N–H and O–H groups in total. The Morgan fingerprint density at radius 2 is 1.80 bits per heavy atom. The second-order valence-corrected chi connectivity index (χ2v) is 9.25. The molecule has 1 fully saturated rings. The van der Waals surface area contributed by atoms with Crippen molar-refractivity contribution in [3.63, 3.8) is 0 Å². The third-order valence-corrected chi connectivity index (χ3v) is 6.63. The Hall–Kier alpha value is -2.86. The van der Waals surface area contributed by atoms with E-state index in [-0.39, 0.29) is 18.2 Å². The highest BCUT2D eigenvalue weighted by Gasteiger charge is 2.29. The summed E-state index contributed by atoms with van der Waals surface area (Å²) in [4.78, 5) is 31.1.